The Bertz CT molecular complexity index is 1320. The van der Waals surface area contributed by atoms with Gasteiger partial charge in [0.25, 0.3) is 0 Å². The van der Waals surface area contributed by atoms with Crippen LogP contribution in [0, 0.1) is 17.1 Å². The topological polar surface area (TPSA) is 99.5 Å². The fourth-order valence-electron chi connectivity index (χ4n) is 3.43. The largest absolute Gasteiger partial charge is 0.448 e. The Morgan fingerprint density at radius 3 is 2.76 bits per heavy atom. The number of nitrogens with one attached hydrogen (secondary N) is 1. The van der Waals surface area contributed by atoms with Crippen molar-refractivity contribution in [3.8, 4) is 6.07 Å². The molecule has 1 aliphatic heterocycles. The van der Waals surface area contributed by atoms with E-state index in [1.807, 2.05) is 12.1 Å². The summed E-state index contributed by atoms with van der Waals surface area (Å²) in [7, 11) is -3.72. The van der Waals surface area contributed by atoms with Gasteiger partial charge in [0.05, 0.1) is 10.9 Å². The summed E-state index contributed by atoms with van der Waals surface area (Å²) in [6.45, 7) is 0.940. The van der Waals surface area contributed by atoms with Crippen molar-refractivity contribution in [2.45, 2.75) is 32.9 Å². The molecule has 2 aromatic carbocycles. The first-order chi connectivity index (χ1) is 16.3. The maximum Gasteiger partial charge on any atom is 0.411 e. The van der Waals surface area contributed by atoms with Gasteiger partial charge in [-0.3, -0.25) is 5.32 Å². The van der Waals surface area contributed by atoms with E-state index in [-0.39, 0.29) is 21.8 Å². The van der Waals surface area contributed by atoms with Crippen molar-refractivity contribution in [2.75, 3.05) is 18.5 Å². The van der Waals surface area contributed by atoms with Gasteiger partial charge < -0.3 is 4.74 Å². The summed E-state index contributed by atoms with van der Waals surface area (Å²) in [6, 6.07) is 16.9. The van der Waals surface area contributed by atoms with Gasteiger partial charge in [0.2, 0.25) is 9.84 Å². The van der Waals surface area contributed by atoms with Crippen molar-refractivity contribution in [2.24, 2.45) is 0 Å². The number of hydrogen-bond donors (Lipinski definition) is 1. The highest BCUT2D eigenvalue weighted by Gasteiger charge is 2.28. The Kier molecular flexibility index (Phi) is 7.53. The number of amides is 1. The Morgan fingerprint density at radius 2 is 2.03 bits per heavy atom. The van der Waals surface area contributed by atoms with Crippen molar-refractivity contribution < 1.29 is 22.3 Å². The zero-order valence-corrected chi connectivity index (χ0v) is 20.3. The fraction of sp³-hybridized carbons (Fsp3) is 0.217. The molecular formula is C23H20FN3O4S3. The van der Waals surface area contributed by atoms with Gasteiger partial charge in [-0.2, -0.15) is 5.26 Å². The third kappa shape index (κ3) is 5.77. The monoisotopic (exact) mass is 517 g/mol. The minimum atomic E-state index is -3.72. The van der Waals surface area contributed by atoms with E-state index in [0.717, 1.165) is 35.6 Å². The standard InChI is InChI=1S/C23H20FN3O4S3/c24-16-6-8-17(9-7-16)26-23(28)31-15-18-3-2-12-27(18)33-19-4-1-5-21(13-19)34(29,30)22-11-10-20(14-25)32-22/h1,4-11,13,18H,2-3,12,15H2,(H,26,28)/t18-/m0/s1. The van der Waals surface area contributed by atoms with E-state index in [1.54, 1.807) is 12.1 Å². The lowest BCUT2D eigenvalue weighted by atomic mass is 10.2. The van der Waals surface area contributed by atoms with Crippen molar-refractivity contribution in [1.29, 1.82) is 5.26 Å². The molecule has 0 aliphatic carbocycles. The molecule has 176 valence electrons. The van der Waals surface area contributed by atoms with Gasteiger partial charge in [0, 0.05) is 17.1 Å². The van der Waals surface area contributed by atoms with Crippen LogP contribution in [0.2, 0.25) is 0 Å². The van der Waals surface area contributed by atoms with Crippen LogP contribution < -0.4 is 5.32 Å². The molecule has 4 rings (SSSR count). The molecule has 0 bridgehead atoms. The minimum absolute atomic E-state index is 0.0280. The summed E-state index contributed by atoms with van der Waals surface area (Å²) in [6.07, 6.45) is 1.13. The Labute approximate surface area is 205 Å². The molecule has 1 fully saturated rings. The summed E-state index contributed by atoms with van der Waals surface area (Å²) in [4.78, 5) is 13.3. The van der Waals surface area contributed by atoms with E-state index in [9.17, 15) is 17.6 Å². The maximum atomic E-state index is 13.0. The molecule has 1 N–H and O–H groups in total. The van der Waals surface area contributed by atoms with Crippen LogP contribution >= 0.6 is 23.3 Å². The first-order valence-electron chi connectivity index (χ1n) is 10.3. The van der Waals surface area contributed by atoms with Crippen LogP contribution in [-0.2, 0) is 14.6 Å². The van der Waals surface area contributed by atoms with Gasteiger partial charge in [-0.15, -0.1) is 11.3 Å². The SMILES string of the molecule is N#Cc1ccc(S(=O)(=O)c2cccc(SN3CCC[C@H]3COC(=O)Nc3ccc(F)cc3)c2)s1. The predicted octanol–water partition coefficient (Wildman–Crippen LogP) is 5.31. The summed E-state index contributed by atoms with van der Waals surface area (Å²) in [5.41, 5.74) is 0.440. The van der Waals surface area contributed by atoms with Crippen LogP contribution in [0.4, 0.5) is 14.9 Å². The number of halogens is 1. The number of anilines is 1. The Hall–Kier alpha value is -2.91. The zero-order valence-electron chi connectivity index (χ0n) is 17.8. The molecule has 1 aliphatic rings. The van der Waals surface area contributed by atoms with E-state index in [4.69, 9.17) is 10.00 Å². The number of hydrogen-bond acceptors (Lipinski definition) is 8. The van der Waals surface area contributed by atoms with Crippen molar-refractivity contribution in [3.63, 3.8) is 0 Å². The molecular weight excluding hydrogens is 497 g/mol. The molecule has 0 saturated carbocycles. The molecule has 1 atom stereocenters. The smallest absolute Gasteiger partial charge is 0.411 e. The second kappa shape index (κ2) is 10.6. The lowest BCUT2D eigenvalue weighted by molar-refractivity contribution is 0.141. The van der Waals surface area contributed by atoms with Gasteiger partial charge in [-0.05, 0) is 79.4 Å². The average Bonchev–Trinajstić information content (AvgIpc) is 3.49. The van der Waals surface area contributed by atoms with Crippen molar-refractivity contribution in [1.82, 2.24) is 4.31 Å². The number of sulfone groups is 1. The fourth-order valence-corrected chi connectivity index (χ4v) is 7.18. The second-order valence-electron chi connectivity index (χ2n) is 7.47. The number of carbonyl (C=O) groups excluding carboxylic acids is 1. The second-order valence-corrected chi connectivity index (χ2v) is 11.9. The zero-order chi connectivity index (χ0) is 24.1. The predicted molar refractivity (Wildman–Crippen MR) is 128 cm³/mol. The summed E-state index contributed by atoms with van der Waals surface area (Å²) in [5, 5.41) is 11.5. The van der Waals surface area contributed by atoms with E-state index >= 15 is 0 Å². The van der Waals surface area contributed by atoms with Gasteiger partial charge in [-0.1, -0.05) is 6.07 Å². The summed E-state index contributed by atoms with van der Waals surface area (Å²) >= 11 is 2.36. The lowest BCUT2D eigenvalue weighted by Gasteiger charge is -2.23. The molecule has 0 unspecified atom stereocenters. The van der Waals surface area contributed by atoms with Gasteiger partial charge in [0.15, 0.2) is 0 Å². The molecule has 0 spiro atoms. The summed E-state index contributed by atoms with van der Waals surface area (Å²) < 4.78 is 46.5. The van der Waals surface area contributed by atoms with Crippen LogP contribution in [0.15, 0.2) is 74.7 Å². The van der Waals surface area contributed by atoms with E-state index in [1.165, 1.54) is 54.4 Å². The molecule has 34 heavy (non-hydrogen) atoms. The quantitative estimate of drug-likeness (QED) is 0.424. The minimum Gasteiger partial charge on any atom is -0.448 e. The molecule has 11 heteroatoms. The van der Waals surface area contributed by atoms with Crippen LogP contribution in [0.1, 0.15) is 17.7 Å². The average molecular weight is 518 g/mol. The molecule has 1 amide bonds. The Balaban J connectivity index is 1.38. The third-order valence-electron chi connectivity index (χ3n) is 5.12. The number of benzene rings is 2. The Morgan fingerprint density at radius 1 is 1.24 bits per heavy atom. The first-order valence-corrected chi connectivity index (χ1v) is 13.4. The van der Waals surface area contributed by atoms with Crippen molar-refractivity contribution >= 4 is 44.9 Å². The number of carbonyl (C=O) groups is 1. The maximum absolute atomic E-state index is 13.0. The van der Waals surface area contributed by atoms with Crippen LogP contribution in [-0.4, -0.2) is 38.0 Å². The number of rotatable bonds is 7. The molecule has 3 aromatic rings. The highest BCUT2D eigenvalue weighted by Crippen LogP contribution is 2.34. The van der Waals surface area contributed by atoms with E-state index in [2.05, 4.69) is 9.62 Å². The summed E-state index contributed by atoms with van der Waals surface area (Å²) in [5.74, 6) is -0.392. The first kappa shape index (κ1) is 24.2. The van der Waals surface area contributed by atoms with E-state index < -0.39 is 21.7 Å². The van der Waals surface area contributed by atoms with Crippen LogP contribution in [0.3, 0.4) is 0 Å². The van der Waals surface area contributed by atoms with Crippen LogP contribution in [0.5, 0.6) is 0 Å². The normalized spacial score (nSPS) is 16.2. The number of thiophene rings is 1. The molecule has 0 radical (unpaired) electrons. The number of nitriles is 1. The van der Waals surface area contributed by atoms with Gasteiger partial charge in [-0.25, -0.2) is 21.9 Å². The molecule has 1 saturated heterocycles. The molecule has 2 heterocycles. The highest BCUT2D eigenvalue weighted by molar-refractivity contribution is 7.97. The van der Waals surface area contributed by atoms with E-state index in [0.29, 0.717) is 10.6 Å². The van der Waals surface area contributed by atoms with Gasteiger partial charge in [0.1, 0.15) is 27.6 Å². The lowest BCUT2D eigenvalue weighted by Crippen LogP contribution is -2.30. The number of nitrogens with zero attached hydrogens (tertiary/aromatic N) is 2. The van der Waals surface area contributed by atoms with Gasteiger partial charge >= 0.3 is 6.09 Å². The molecule has 7 nitrogen and oxygen atoms in total. The third-order valence-corrected chi connectivity index (χ3v) is 9.53. The molecule has 1 aromatic heterocycles. The van der Waals surface area contributed by atoms with Crippen LogP contribution in [0.25, 0.3) is 0 Å². The number of ether oxygens (including phenoxy) is 1. The van der Waals surface area contributed by atoms with Crippen molar-refractivity contribution in [3.05, 3.63) is 71.4 Å². The highest BCUT2D eigenvalue weighted by atomic mass is 32.2.